The topological polar surface area (TPSA) is 61.2 Å². The van der Waals surface area contributed by atoms with Crippen molar-refractivity contribution >= 4 is 16.7 Å². The molecule has 0 heterocycles. The average molecular weight is 244 g/mol. The van der Waals surface area contributed by atoms with Crippen molar-refractivity contribution in [2.75, 3.05) is 19.3 Å². The molecule has 0 rings (SSSR count). The zero-order valence-corrected chi connectivity index (χ0v) is 11.2. The Morgan fingerprint density at radius 3 is 2.44 bits per heavy atom. The first-order chi connectivity index (χ1) is 7.40. The van der Waals surface area contributed by atoms with E-state index in [1.807, 2.05) is 26.8 Å². The molecule has 0 saturated carbocycles. The van der Waals surface area contributed by atoms with Gasteiger partial charge in [-0.3, -0.25) is 9.00 Å². The van der Waals surface area contributed by atoms with Crippen molar-refractivity contribution in [2.24, 2.45) is 5.92 Å². The smallest absolute Gasteiger partial charge is 0.234 e. The summed E-state index contributed by atoms with van der Waals surface area (Å²) in [4.78, 5) is 13.1. The molecule has 0 N–H and O–H groups in total. The summed E-state index contributed by atoms with van der Waals surface area (Å²) < 4.78 is 11.8. The highest BCUT2D eigenvalue weighted by Crippen LogP contribution is 2.09. The first-order valence-corrected chi connectivity index (χ1v) is 6.76. The van der Waals surface area contributed by atoms with E-state index in [1.54, 1.807) is 7.05 Å². The fourth-order valence-electron chi connectivity index (χ4n) is 1.01. The maximum absolute atomic E-state index is 11.8. The fraction of sp³-hybridized carbons (Fsp3) is 0.818. The minimum atomic E-state index is -1.13. The number of nitrogens with zero attached hydrogens (tertiary/aromatic N) is 2. The fourth-order valence-corrected chi connectivity index (χ4v) is 2.34. The molecule has 2 unspecified atom stereocenters. The van der Waals surface area contributed by atoms with E-state index < -0.39 is 10.8 Å². The molecular weight excluding hydrogens is 224 g/mol. The van der Waals surface area contributed by atoms with Crippen molar-refractivity contribution < 1.29 is 9.00 Å². The molecule has 0 aliphatic rings. The molecule has 0 spiro atoms. The molecule has 0 aromatic rings. The van der Waals surface area contributed by atoms with Crippen molar-refractivity contribution in [1.29, 1.82) is 5.26 Å². The van der Waals surface area contributed by atoms with Gasteiger partial charge in [-0.15, -0.1) is 0 Å². The molecule has 2 atom stereocenters. The lowest BCUT2D eigenvalue weighted by Gasteiger charge is -2.18. The summed E-state index contributed by atoms with van der Waals surface area (Å²) in [6.07, 6.45) is 0.314. The molecule has 0 bridgehead atoms. The zero-order valence-electron chi connectivity index (χ0n) is 10.4. The van der Waals surface area contributed by atoms with Gasteiger partial charge in [-0.25, -0.2) is 0 Å². The van der Waals surface area contributed by atoms with Crippen LogP contribution in [0.5, 0.6) is 0 Å². The minimum Gasteiger partial charge on any atom is -0.344 e. The summed E-state index contributed by atoms with van der Waals surface area (Å²) in [5.41, 5.74) is 0. The van der Waals surface area contributed by atoms with Gasteiger partial charge in [-0.1, -0.05) is 20.8 Å². The third-order valence-electron chi connectivity index (χ3n) is 2.60. The Kier molecular flexibility index (Phi) is 6.98. The summed E-state index contributed by atoms with van der Waals surface area (Å²) >= 11 is 0. The van der Waals surface area contributed by atoms with E-state index in [-0.39, 0.29) is 16.9 Å². The van der Waals surface area contributed by atoms with Gasteiger partial charge in [0.05, 0.1) is 12.5 Å². The highest BCUT2D eigenvalue weighted by Gasteiger charge is 2.19. The van der Waals surface area contributed by atoms with Crippen LogP contribution in [0.15, 0.2) is 0 Å². The molecule has 0 aromatic heterocycles. The molecular formula is C11H20N2O2S. The van der Waals surface area contributed by atoms with Crippen molar-refractivity contribution in [2.45, 2.75) is 32.4 Å². The van der Waals surface area contributed by atoms with Gasteiger partial charge >= 0.3 is 0 Å². The Balaban J connectivity index is 4.14. The number of carbonyl (C=O) groups is 1. The van der Waals surface area contributed by atoms with Crippen LogP contribution in [-0.4, -0.2) is 39.6 Å². The van der Waals surface area contributed by atoms with Gasteiger partial charge in [0, 0.05) is 29.6 Å². The number of hydrogen-bond acceptors (Lipinski definition) is 3. The van der Waals surface area contributed by atoms with Crippen molar-refractivity contribution in [3.8, 4) is 6.07 Å². The van der Waals surface area contributed by atoms with Crippen LogP contribution in [0, 0.1) is 17.2 Å². The normalized spacial score (nSPS) is 14.2. The highest BCUT2D eigenvalue weighted by atomic mass is 32.2. The quantitative estimate of drug-likeness (QED) is 0.704. The molecule has 92 valence electrons. The lowest BCUT2D eigenvalue weighted by atomic mass is 10.2. The van der Waals surface area contributed by atoms with Gasteiger partial charge in [0.15, 0.2) is 0 Å². The first kappa shape index (κ1) is 15.1. The molecule has 0 aliphatic heterocycles. The second kappa shape index (κ2) is 7.39. The van der Waals surface area contributed by atoms with Crippen LogP contribution < -0.4 is 0 Å². The molecule has 0 aromatic carbocycles. The van der Waals surface area contributed by atoms with Crippen molar-refractivity contribution in [3.63, 3.8) is 0 Å². The van der Waals surface area contributed by atoms with E-state index in [4.69, 9.17) is 5.26 Å². The molecule has 0 saturated heterocycles. The van der Waals surface area contributed by atoms with Crippen molar-refractivity contribution in [1.82, 2.24) is 4.90 Å². The van der Waals surface area contributed by atoms with E-state index in [0.29, 0.717) is 18.9 Å². The third-order valence-corrected chi connectivity index (χ3v) is 4.51. The molecule has 4 nitrogen and oxygen atoms in total. The van der Waals surface area contributed by atoms with E-state index in [9.17, 15) is 9.00 Å². The number of nitriles is 1. The van der Waals surface area contributed by atoms with Crippen LogP contribution >= 0.6 is 0 Å². The Morgan fingerprint density at radius 1 is 1.44 bits per heavy atom. The lowest BCUT2D eigenvalue weighted by molar-refractivity contribution is -0.127. The van der Waals surface area contributed by atoms with Crippen LogP contribution in [0.2, 0.25) is 0 Å². The summed E-state index contributed by atoms with van der Waals surface area (Å²) in [7, 11) is 0.511. The van der Waals surface area contributed by atoms with Crippen LogP contribution in [0.25, 0.3) is 0 Å². The van der Waals surface area contributed by atoms with Crippen LogP contribution in [0.3, 0.4) is 0 Å². The lowest BCUT2D eigenvalue weighted by Crippen LogP contribution is -2.34. The molecule has 0 aliphatic carbocycles. The molecule has 0 fully saturated rings. The minimum absolute atomic E-state index is 0.0216. The van der Waals surface area contributed by atoms with Gasteiger partial charge in [0.25, 0.3) is 0 Å². The monoisotopic (exact) mass is 244 g/mol. The maximum atomic E-state index is 11.8. The van der Waals surface area contributed by atoms with Gasteiger partial charge in [-0.2, -0.15) is 5.26 Å². The van der Waals surface area contributed by atoms with E-state index in [0.717, 1.165) is 0 Å². The van der Waals surface area contributed by atoms with Crippen LogP contribution in [0.4, 0.5) is 0 Å². The largest absolute Gasteiger partial charge is 0.344 e. The molecule has 1 amide bonds. The predicted molar refractivity (Wildman–Crippen MR) is 65.2 cm³/mol. The molecule has 5 heteroatoms. The Hall–Kier alpha value is -0.890. The third kappa shape index (κ3) is 5.26. The molecule has 16 heavy (non-hydrogen) atoms. The predicted octanol–water partition coefficient (Wildman–Crippen LogP) is 1.15. The van der Waals surface area contributed by atoms with Gasteiger partial charge in [-0.05, 0) is 5.92 Å². The Labute approximate surface area is 100 Å². The number of hydrogen-bond donors (Lipinski definition) is 0. The summed E-state index contributed by atoms with van der Waals surface area (Å²) in [6.45, 7) is 6.28. The zero-order chi connectivity index (χ0) is 12.7. The maximum Gasteiger partial charge on any atom is 0.234 e. The van der Waals surface area contributed by atoms with Crippen LogP contribution in [-0.2, 0) is 15.6 Å². The standard InChI is InChI=1S/C11H20N2O2S/c1-9(2)10(3)16(15)8-11(14)13(4)7-5-6-12/h9-10H,5,7-8H2,1-4H3. The van der Waals surface area contributed by atoms with E-state index in [1.165, 1.54) is 4.90 Å². The second-order valence-electron chi connectivity index (χ2n) is 4.20. The average Bonchev–Trinajstić information content (AvgIpc) is 2.24. The Morgan fingerprint density at radius 2 is 2.00 bits per heavy atom. The van der Waals surface area contributed by atoms with Crippen LogP contribution in [0.1, 0.15) is 27.2 Å². The summed E-state index contributed by atoms with van der Waals surface area (Å²) in [5.74, 6) is 0.209. The van der Waals surface area contributed by atoms with Gasteiger partial charge in [0.1, 0.15) is 5.75 Å². The number of carbonyl (C=O) groups excluding carboxylic acids is 1. The first-order valence-electron chi connectivity index (χ1n) is 5.38. The van der Waals surface area contributed by atoms with Gasteiger partial charge in [0.2, 0.25) is 5.91 Å². The summed E-state index contributed by atoms with van der Waals surface area (Å²) in [6, 6.07) is 1.98. The number of amides is 1. The SMILES string of the molecule is CC(C)C(C)S(=O)CC(=O)N(C)CCC#N. The van der Waals surface area contributed by atoms with E-state index in [2.05, 4.69) is 0 Å². The van der Waals surface area contributed by atoms with Crippen molar-refractivity contribution in [3.05, 3.63) is 0 Å². The summed E-state index contributed by atoms with van der Waals surface area (Å²) in [5, 5.41) is 8.41. The van der Waals surface area contributed by atoms with Gasteiger partial charge < -0.3 is 4.90 Å². The van der Waals surface area contributed by atoms with E-state index >= 15 is 0 Å². The second-order valence-corrected chi connectivity index (χ2v) is 5.99. The Bertz CT molecular complexity index is 297. The highest BCUT2D eigenvalue weighted by molar-refractivity contribution is 7.86. The molecule has 0 radical (unpaired) electrons. The number of rotatable bonds is 6.